The molecule has 5 nitrogen and oxygen atoms in total. The number of amides is 1. The molecule has 5 heteroatoms. The quantitative estimate of drug-likeness (QED) is 0.530. The number of ether oxygens (including phenoxy) is 3. The average Bonchev–Trinajstić information content (AvgIpc) is 2.74. The smallest absolute Gasteiger partial charge is 0.254 e. The summed E-state index contributed by atoms with van der Waals surface area (Å²) in [7, 11) is 4.63. The van der Waals surface area contributed by atoms with E-state index in [2.05, 4.69) is 29.3 Å². The molecule has 0 fully saturated rings. The molecule has 0 bridgehead atoms. The number of benzene rings is 2. The number of rotatable bonds is 9. The second-order valence-electron chi connectivity index (χ2n) is 6.14. The number of methoxy groups -OCH3 is 2. The Labute approximate surface area is 167 Å². The van der Waals surface area contributed by atoms with Gasteiger partial charge < -0.3 is 19.5 Å². The SMILES string of the molecule is CNC(=O)c1cc(C#CCCCCOCc2ccccc2)cc(OC)c1OC. The Hall–Kier alpha value is -2.97. The van der Waals surface area contributed by atoms with Crippen molar-refractivity contribution < 1.29 is 19.0 Å². The minimum atomic E-state index is -0.241. The normalized spacial score (nSPS) is 9.96. The molecule has 0 aromatic heterocycles. The topological polar surface area (TPSA) is 56.8 Å². The molecule has 0 atom stereocenters. The number of carbonyl (C=O) groups excluding carboxylic acids is 1. The van der Waals surface area contributed by atoms with E-state index in [1.54, 1.807) is 19.2 Å². The lowest BCUT2D eigenvalue weighted by atomic mass is 10.1. The summed E-state index contributed by atoms with van der Waals surface area (Å²) in [5.74, 6) is 6.90. The summed E-state index contributed by atoms with van der Waals surface area (Å²) in [5.41, 5.74) is 2.31. The van der Waals surface area contributed by atoms with Gasteiger partial charge in [0.15, 0.2) is 11.5 Å². The predicted molar refractivity (Wildman–Crippen MR) is 110 cm³/mol. The summed E-state index contributed by atoms with van der Waals surface area (Å²) in [6.45, 7) is 1.36. The van der Waals surface area contributed by atoms with Crippen molar-refractivity contribution in [2.75, 3.05) is 27.9 Å². The van der Waals surface area contributed by atoms with E-state index < -0.39 is 0 Å². The van der Waals surface area contributed by atoms with E-state index in [9.17, 15) is 4.79 Å². The first-order chi connectivity index (χ1) is 13.7. The molecule has 0 saturated heterocycles. The van der Waals surface area contributed by atoms with Gasteiger partial charge in [0.1, 0.15) is 0 Å². The van der Waals surface area contributed by atoms with Gasteiger partial charge in [0.25, 0.3) is 5.91 Å². The second-order valence-corrected chi connectivity index (χ2v) is 6.14. The molecule has 28 heavy (non-hydrogen) atoms. The van der Waals surface area contributed by atoms with Crippen LogP contribution in [0.2, 0.25) is 0 Å². The Kier molecular flexibility index (Phi) is 8.90. The summed E-state index contributed by atoms with van der Waals surface area (Å²) in [4.78, 5) is 12.1. The van der Waals surface area contributed by atoms with Crippen LogP contribution in [-0.2, 0) is 11.3 Å². The molecule has 0 saturated carbocycles. The van der Waals surface area contributed by atoms with Crippen molar-refractivity contribution in [2.24, 2.45) is 0 Å². The predicted octanol–water partition coefficient (Wildman–Crippen LogP) is 3.80. The van der Waals surface area contributed by atoms with E-state index in [0.29, 0.717) is 30.3 Å². The van der Waals surface area contributed by atoms with E-state index >= 15 is 0 Å². The van der Waals surface area contributed by atoms with Crippen LogP contribution in [0.5, 0.6) is 11.5 Å². The molecule has 0 heterocycles. The van der Waals surface area contributed by atoms with E-state index in [-0.39, 0.29) is 5.91 Å². The van der Waals surface area contributed by atoms with Crippen LogP contribution in [0.3, 0.4) is 0 Å². The lowest BCUT2D eigenvalue weighted by Gasteiger charge is -2.12. The van der Waals surface area contributed by atoms with Crippen molar-refractivity contribution in [3.05, 3.63) is 59.2 Å². The molecular formula is C23H27NO4. The Morgan fingerprint density at radius 3 is 2.54 bits per heavy atom. The van der Waals surface area contributed by atoms with Crippen molar-refractivity contribution in [3.8, 4) is 23.3 Å². The molecule has 1 amide bonds. The molecule has 0 spiro atoms. The summed E-state index contributed by atoms with van der Waals surface area (Å²) in [6, 6.07) is 13.6. The molecular weight excluding hydrogens is 354 g/mol. The minimum Gasteiger partial charge on any atom is -0.493 e. The highest BCUT2D eigenvalue weighted by Gasteiger charge is 2.17. The first kappa shape index (κ1) is 21.3. The van der Waals surface area contributed by atoms with E-state index in [0.717, 1.165) is 24.8 Å². The van der Waals surface area contributed by atoms with Crippen LogP contribution in [0, 0.1) is 11.8 Å². The van der Waals surface area contributed by atoms with Gasteiger partial charge in [0.2, 0.25) is 0 Å². The maximum atomic E-state index is 12.1. The van der Waals surface area contributed by atoms with Crippen LogP contribution in [0.4, 0.5) is 0 Å². The zero-order chi connectivity index (χ0) is 20.2. The summed E-state index contributed by atoms with van der Waals surface area (Å²) >= 11 is 0. The monoisotopic (exact) mass is 381 g/mol. The molecule has 2 rings (SSSR count). The van der Waals surface area contributed by atoms with Crippen molar-refractivity contribution in [1.29, 1.82) is 0 Å². The molecule has 2 aromatic carbocycles. The maximum Gasteiger partial charge on any atom is 0.254 e. The van der Waals surface area contributed by atoms with Gasteiger partial charge in [0.05, 0.1) is 26.4 Å². The number of hydrogen-bond donors (Lipinski definition) is 1. The van der Waals surface area contributed by atoms with Gasteiger partial charge in [0, 0.05) is 25.6 Å². The fourth-order valence-electron chi connectivity index (χ4n) is 2.69. The van der Waals surface area contributed by atoms with E-state index in [4.69, 9.17) is 14.2 Å². The molecule has 148 valence electrons. The van der Waals surface area contributed by atoms with Crippen LogP contribution >= 0.6 is 0 Å². The van der Waals surface area contributed by atoms with Crippen molar-refractivity contribution in [1.82, 2.24) is 5.32 Å². The average molecular weight is 381 g/mol. The van der Waals surface area contributed by atoms with Gasteiger partial charge in [-0.1, -0.05) is 42.2 Å². The first-order valence-electron chi connectivity index (χ1n) is 9.28. The zero-order valence-corrected chi connectivity index (χ0v) is 16.7. The van der Waals surface area contributed by atoms with Gasteiger partial charge in [-0.25, -0.2) is 0 Å². The van der Waals surface area contributed by atoms with Crippen LogP contribution in [0.25, 0.3) is 0 Å². The fourth-order valence-corrected chi connectivity index (χ4v) is 2.69. The van der Waals surface area contributed by atoms with Crippen LogP contribution < -0.4 is 14.8 Å². The number of nitrogens with one attached hydrogen (secondary N) is 1. The second kappa shape index (κ2) is 11.7. The van der Waals surface area contributed by atoms with Gasteiger partial charge in [-0.3, -0.25) is 4.79 Å². The number of hydrogen-bond acceptors (Lipinski definition) is 4. The van der Waals surface area contributed by atoms with Gasteiger partial charge in [-0.2, -0.15) is 0 Å². The summed E-state index contributed by atoms with van der Waals surface area (Å²) in [5, 5.41) is 2.61. The molecule has 0 radical (unpaired) electrons. The van der Waals surface area contributed by atoms with Gasteiger partial charge in [-0.05, 0) is 30.5 Å². The Morgan fingerprint density at radius 1 is 1.07 bits per heavy atom. The Morgan fingerprint density at radius 2 is 1.86 bits per heavy atom. The number of carbonyl (C=O) groups is 1. The van der Waals surface area contributed by atoms with Gasteiger partial charge >= 0.3 is 0 Å². The van der Waals surface area contributed by atoms with E-state index in [1.165, 1.54) is 19.8 Å². The maximum absolute atomic E-state index is 12.1. The molecule has 1 N–H and O–H groups in total. The third-order valence-corrected chi connectivity index (χ3v) is 4.14. The first-order valence-corrected chi connectivity index (χ1v) is 9.28. The fraction of sp³-hybridized carbons (Fsp3) is 0.348. The van der Waals surface area contributed by atoms with Crippen molar-refractivity contribution in [2.45, 2.75) is 25.9 Å². The third kappa shape index (κ3) is 6.33. The highest BCUT2D eigenvalue weighted by molar-refractivity contribution is 5.98. The lowest BCUT2D eigenvalue weighted by molar-refractivity contribution is 0.0959. The summed E-state index contributed by atoms with van der Waals surface area (Å²) in [6.07, 6.45) is 2.67. The molecule has 0 aliphatic rings. The van der Waals surface area contributed by atoms with Crippen LogP contribution in [-0.4, -0.2) is 33.8 Å². The third-order valence-electron chi connectivity index (χ3n) is 4.14. The van der Waals surface area contributed by atoms with Crippen molar-refractivity contribution in [3.63, 3.8) is 0 Å². The molecule has 0 aliphatic carbocycles. The lowest BCUT2D eigenvalue weighted by Crippen LogP contribution is -2.19. The molecule has 2 aromatic rings. The molecule has 0 aliphatic heterocycles. The highest BCUT2D eigenvalue weighted by atomic mass is 16.5. The minimum absolute atomic E-state index is 0.241. The Bertz CT molecular complexity index is 822. The van der Waals surface area contributed by atoms with Crippen LogP contribution in [0.15, 0.2) is 42.5 Å². The highest BCUT2D eigenvalue weighted by Crippen LogP contribution is 2.32. The molecule has 0 unspecified atom stereocenters. The van der Waals surface area contributed by atoms with E-state index in [1.807, 2.05) is 18.2 Å². The Balaban J connectivity index is 1.85. The largest absolute Gasteiger partial charge is 0.493 e. The summed E-state index contributed by atoms with van der Waals surface area (Å²) < 4.78 is 16.3. The zero-order valence-electron chi connectivity index (χ0n) is 16.7. The standard InChI is InChI=1S/C23H27NO4/c1-24-23(25)20-15-19(16-21(26-2)22(20)27-3)13-7-4-5-10-14-28-17-18-11-8-6-9-12-18/h6,8-9,11-12,15-16H,4-5,10,14,17H2,1-3H3,(H,24,25). The number of unbranched alkanes of at least 4 members (excludes halogenated alkanes) is 2. The van der Waals surface area contributed by atoms with Crippen LogP contribution in [0.1, 0.15) is 40.7 Å². The van der Waals surface area contributed by atoms with Crippen molar-refractivity contribution >= 4 is 5.91 Å². The van der Waals surface area contributed by atoms with Gasteiger partial charge in [-0.15, -0.1) is 0 Å².